The third kappa shape index (κ3) is 5.76. The van der Waals surface area contributed by atoms with Crippen molar-refractivity contribution in [1.82, 2.24) is 10.2 Å². The number of carbonyl (C=O) groups excluding carboxylic acids is 3. The summed E-state index contributed by atoms with van der Waals surface area (Å²) in [7, 11) is 1.62. The molecule has 2 N–H and O–H groups in total. The summed E-state index contributed by atoms with van der Waals surface area (Å²) in [5.41, 5.74) is 1.35. The molecule has 3 atom stereocenters. The fourth-order valence-corrected chi connectivity index (χ4v) is 4.55. The summed E-state index contributed by atoms with van der Waals surface area (Å²) < 4.78 is -0.600. The summed E-state index contributed by atoms with van der Waals surface area (Å²) >= 11 is 0. The van der Waals surface area contributed by atoms with Crippen molar-refractivity contribution in [3.63, 3.8) is 0 Å². The van der Waals surface area contributed by atoms with Gasteiger partial charge in [-0.3, -0.25) is 14.5 Å². The number of nitrogens with zero attached hydrogens (tertiary/aromatic N) is 2. The van der Waals surface area contributed by atoms with E-state index in [4.69, 9.17) is 0 Å². The predicted octanol–water partition coefficient (Wildman–Crippen LogP) is 2.73. The molecule has 2 aromatic carbocycles. The smallest absolute Gasteiger partial charge is 0.435 e. The molecule has 3 rings (SSSR count). The fraction of sp³-hybridized carbons (Fsp3) is 0.385. The number of benzene rings is 2. The topological polar surface area (TPSA) is 104 Å². The minimum absolute atomic E-state index is 0.0910. The van der Waals surface area contributed by atoms with Crippen LogP contribution in [0.4, 0.5) is 4.79 Å². The number of rotatable bonds is 9. The second-order valence-electron chi connectivity index (χ2n) is 8.98. The molecule has 2 unspecified atom stereocenters. The van der Waals surface area contributed by atoms with Gasteiger partial charge in [0.25, 0.3) is 5.91 Å². The number of hydrogen-bond donors (Lipinski definition) is 2. The Kier molecular flexibility index (Phi) is 8.31. The molecular formula is C26H32N3O5+. The highest BCUT2D eigenvalue weighted by Crippen LogP contribution is 2.28. The van der Waals surface area contributed by atoms with Gasteiger partial charge in [0.05, 0.1) is 19.1 Å². The molecule has 0 bridgehead atoms. The zero-order chi connectivity index (χ0) is 24.7. The Balaban J connectivity index is 1.70. The summed E-state index contributed by atoms with van der Waals surface area (Å²) in [4.78, 5) is 52.5. The maximum Gasteiger partial charge on any atom is 0.521 e. The van der Waals surface area contributed by atoms with Crippen LogP contribution in [0.5, 0.6) is 0 Å². The van der Waals surface area contributed by atoms with Gasteiger partial charge < -0.3 is 10.4 Å². The number of nitrogens with one attached hydrogen (secondary N) is 1. The van der Waals surface area contributed by atoms with E-state index in [2.05, 4.69) is 5.32 Å². The Morgan fingerprint density at radius 3 is 2.21 bits per heavy atom. The first-order valence-corrected chi connectivity index (χ1v) is 11.5. The van der Waals surface area contributed by atoms with Crippen LogP contribution in [-0.4, -0.2) is 76.9 Å². The lowest BCUT2D eigenvalue weighted by atomic mass is 10.0. The van der Waals surface area contributed by atoms with E-state index < -0.39 is 22.5 Å². The van der Waals surface area contributed by atoms with Crippen molar-refractivity contribution in [3.05, 3.63) is 71.8 Å². The van der Waals surface area contributed by atoms with Crippen LogP contribution >= 0.6 is 0 Å². The molecule has 3 amide bonds. The summed E-state index contributed by atoms with van der Waals surface area (Å²) in [6, 6.07) is 17.0. The number of hydrogen-bond acceptors (Lipinski definition) is 5. The molecule has 0 aliphatic carbocycles. The molecule has 1 aliphatic heterocycles. The first kappa shape index (κ1) is 25.3. The number of ketones is 1. The highest BCUT2D eigenvalue weighted by Gasteiger charge is 2.52. The maximum atomic E-state index is 13.2. The number of imide groups is 1. The summed E-state index contributed by atoms with van der Waals surface area (Å²) in [6.07, 6.45) is 0.510. The second-order valence-corrected chi connectivity index (χ2v) is 8.98. The first-order chi connectivity index (χ1) is 16.2. The Labute approximate surface area is 199 Å². The van der Waals surface area contributed by atoms with E-state index in [0.717, 1.165) is 5.56 Å². The van der Waals surface area contributed by atoms with Crippen molar-refractivity contribution in [1.29, 1.82) is 0 Å². The predicted molar refractivity (Wildman–Crippen MR) is 127 cm³/mol. The Morgan fingerprint density at radius 2 is 1.65 bits per heavy atom. The van der Waals surface area contributed by atoms with Crippen molar-refractivity contribution in [2.75, 3.05) is 26.7 Å². The molecular weight excluding hydrogens is 434 g/mol. The Bertz CT molecular complexity index is 1030. The van der Waals surface area contributed by atoms with E-state index in [1.165, 1.54) is 4.90 Å². The standard InChI is InChI=1S/C26H31N3O5/c1-19-10-9-15-29(19,26(33)34)24(31)18-28(2)17-23(30)22(16-20-11-5-3-6-12-20)27-25(32)21-13-7-4-8-14-21/h3-8,11-14,19,22H,9-10,15-18H2,1-2H3,(H-,27,32,33,34)/p+1/t19?,22?,29-/m0/s1. The molecule has 34 heavy (non-hydrogen) atoms. The van der Waals surface area contributed by atoms with E-state index in [1.54, 1.807) is 38.2 Å². The van der Waals surface area contributed by atoms with Crippen molar-refractivity contribution in [2.45, 2.75) is 38.3 Å². The lowest BCUT2D eigenvalue weighted by molar-refractivity contribution is -0.792. The number of Topliss-reactive ketones (excluding diaryl/α,β-unsaturated/α-hetero) is 1. The highest BCUT2D eigenvalue weighted by atomic mass is 16.4. The van der Waals surface area contributed by atoms with Crippen molar-refractivity contribution in [3.8, 4) is 0 Å². The van der Waals surface area contributed by atoms with Gasteiger partial charge in [-0.1, -0.05) is 48.5 Å². The van der Waals surface area contributed by atoms with E-state index >= 15 is 0 Å². The van der Waals surface area contributed by atoms with E-state index in [0.29, 0.717) is 24.8 Å². The van der Waals surface area contributed by atoms with Crippen LogP contribution < -0.4 is 5.32 Å². The van der Waals surface area contributed by atoms with Gasteiger partial charge in [-0.25, -0.2) is 4.79 Å². The zero-order valence-corrected chi connectivity index (χ0v) is 19.6. The summed E-state index contributed by atoms with van der Waals surface area (Å²) in [5.74, 6) is -1.03. The second kappa shape index (κ2) is 11.2. The van der Waals surface area contributed by atoms with Gasteiger partial charge in [-0.05, 0) is 38.1 Å². The number of quaternary nitrogens is 1. The van der Waals surface area contributed by atoms with Crippen LogP contribution in [0.3, 0.4) is 0 Å². The van der Waals surface area contributed by atoms with E-state index in [9.17, 15) is 24.3 Å². The molecule has 8 nitrogen and oxygen atoms in total. The molecule has 8 heteroatoms. The van der Waals surface area contributed by atoms with Gasteiger partial charge in [0, 0.05) is 18.4 Å². The SMILES string of the molecule is CC1CCC[N@@+]1(C(=O)O)C(=O)CN(C)CC(=O)C(Cc1ccccc1)NC(=O)c1ccccc1. The average molecular weight is 467 g/mol. The third-order valence-electron chi connectivity index (χ3n) is 6.52. The van der Waals surface area contributed by atoms with Gasteiger partial charge in [0.15, 0.2) is 5.78 Å². The number of likely N-dealkylation sites (tertiary alicyclic amines) is 1. The molecule has 2 aromatic rings. The normalized spacial score (nSPS) is 20.6. The molecule has 0 saturated carbocycles. The first-order valence-electron chi connectivity index (χ1n) is 11.5. The van der Waals surface area contributed by atoms with Gasteiger partial charge in [0.2, 0.25) is 0 Å². The van der Waals surface area contributed by atoms with Gasteiger partial charge in [0.1, 0.15) is 12.6 Å². The fourth-order valence-electron chi connectivity index (χ4n) is 4.55. The zero-order valence-electron chi connectivity index (χ0n) is 19.6. The largest absolute Gasteiger partial charge is 0.521 e. The van der Waals surface area contributed by atoms with Crippen LogP contribution in [0.15, 0.2) is 60.7 Å². The van der Waals surface area contributed by atoms with E-state index in [-0.39, 0.29) is 37.4 Å². The quantitative estimate of drug-likeness (QED) is 0.551. The molecule has 1 saturated heterocycles. The summed E-state index contributed by atoms with van der Waals surface area (Å²) in [5, 5.41) is 12.6. The van der Waals surface area contributed by atoms with Crippen molar-refractivity contribution in [2.24, 2.45) is 0 Å². The molecule has 0 radical (unpaired) electrons. The van der Waals surface area contributed by atoms with Crippen LogP contribution in [-0.2, 0) is 16.0 Å². The van der Waals surface area contributed by atoms with Crippen LogP contribution in [0.2, 0.25) is 0 Å². The average Bonchev–Trinajstić information content (AvgIpc) is 3.22. The van der Waals surface area contributed by atoms with Gasteiger partial charge >= 0.3 is 12.0 Å². The Hall–Kier alpha value is -3.36. The monoisotopic (exact) mass is 466 g/mol. The van der Waals surface area contributed by atoms with Gasteiger partial charge in [-0.15, -0.1) is 0 Å². The third-order valence-corrected chi connectivity index (χ3v) is 6.52. The minimum atomic E-state index is -1.15. The maximum absolute atomic E-state index is 13.2. The number of likely N-dealkylation sites (N-methyl/N-ethyl adjacent to an activating group) is 1. The molecule has 1 aliphatic rings. The summed E-state index contributed by atoms with van der Waals surface area (Å²) in [6.45, 7) is 1.79. The number of amides is 3. The van der Waals surface area contributed by atoms with E-state index in [1.807, 2.05) is 36.4 Å². The number of carbonyl (C=O) groups is 4. The highest BCUT2D eigenvalue weighted by molar-refractivity contribution is 5.98. The lowest BCUT2D eigenvalue weighted by Crippen LogP contribution is -2.61. The van der Waals surface area contributed by atoms with Crippen LogP contribution in [0.1, 0.15) is 35.7 Å². The van der Waals surface area contributed by atoms with Crippen LogP contribution in [0, 0.1) is 0 Å². The van der Waals surface area contributed by atoms with Crippen molar-refractivity contribution >= 4 is 23.7 Å². The molecule has 1 fully saturated rings. The van der Waals surface area contributed by atoms with Crippen LogP contribution in [0.25, 0.3) is 0 Å². The van der Waals surface area contributed by atoms with Gasteiger partial charge in [-0.2, -0.15) is 9.28 Å². The molecule has 1 heterocycles. The number of carboxylic acid groups (broad SMARTS) is 1. The Morgan fingerprint density at radius 1 is 1.03 bits per heavy atom. The molecule has 0 aromatic heterocycles. The lowest BCUT2D eigenvalue weighted by Gasteiger charge is -2.31. The van der Waals surface area contributed by atoms with Crippen molar-refractivity contribution < 1.29 is 28.8 Å². The molecule has 0 spiro atoms. The molecule has 180 valence electrons. The minimum Gasteiger partial charge on any atom is -0.435 e.